The van der Waals surface area contributed by atoms with E-state index in [1.165, 1.54) is 30.0 Å². The van der Waals surface area contributed by atoms with Gasteiger partial charge in [-0.15, -0.1) is 0 Å². The van der Waals surface area contributed by atoms with Gasteiger partial charge >= 0.3 is 0 Å². The molecule has 0 amide bonds. The van der Waals surface area contributed by atoms with Crippen molar-refractivity contribution >= 4 is 24.2 Å². The molecule has 1 nitrogen and oxygen atoms in total. The molecule has 88 valence electrons. The minimum Gasteiger partial charge on any atom is -0.374 e. The molecule has 1 saturated heterocycles. The molecule has 0 bridgehead atoms. The van der Waals surface area contributed by atoms with Crippen molar-refractivity contribution in [2.75, 3.05) is 6.61 Å². The van der Waals surface area contributed by atoms with Gasteiger partial charge in [0, 0.05) is 16.8 Å². The lowest BCUT2D eigenvalue weighted by atomic mass is 10.0. The maximum absolute atomic E-state index is 6.25. The second kappa shape index (κ2) is 4.86. The van der Waals surface area contributed by atoms with Crippen LogP contribution in [0.2, 0.25) is 13.1 Å². The summed E-state index contributed by atoms with van der Waals surface area (Å²) < 4.78 is 6.25. The van der Waals surface area contributed by atoms with E-state index in [1.54, 1.807) is 0 Å². The van der Waals surface area contributed by atoms with E-state index in [2.05, 4.69) is 37.4 Å². The molecule has 0 aliphatic carbocycles. The normalized spacial score (nSPS) is 26.2. The molecule has 1 heterocycles. The summed E-state index contributed by atoms with van der Waals surface area (Å²) in [5.41, 5.74) is 1.46. The maximum Gasteiger partial charge on any atom is 0.0787 e. The van der Waals surface area contributed by atoms with E-state index in [0.29, 0.717) is 0 Å². The SMILES string of the molecule is C[SiH](C)C1(c2cccc([SiH3])c2)CCCCO1. The summed E-state index contributed by atoms with van der Waals surface area (Å²) in [6.07, 6.45) is 3.81. The van der Waals surface area contributed by atoms with E-state index in [1.807, 2.05) is 0 Å². The molecular formula is C13H22OSi2. The van der Waals surface area contributed by atoms with Gasteiger partial charge < -0.3 is 4.74 Å². The minimum absolute atomic E-state index is 0.124. The zero-order valence-corrected chi connectivity index (χ0v) is 13.8. The first kappa shape index (κ1) is 12.1. The zero-order chi connectivity index (χ0) is 11.6. The number of ether oxygens (including phenoxy) is 1. The van der Waals surface area contributed by atoms with Gasteiger partial charge in [0.2, 0.25) is 0 Å². The van der Waals surface area contributed by atoms with Crippen molar-refractivity contribution in [3.8, 4) is 0 Å². The molecule has 0 aromatic heterocycles. The molecule has 0 radical (unpaired) electrons. The molecule has 1 aromatic rings. The Balaban J connectivity index is 2.38. The molecule has 0 spiro atoms. The van der Waals surface area contributed by atoms with Gasteiger partial charge in [-0.1, -0.05) is 42.5 Å². The van der Waals surface area contributed by atoms with Gasteiger partial charge in [-0.05, 0) is 24.8 Å². The van der Waals surface area contributed by atoms with Crippen LogP contribution in [0.3, 0.4) is 0 Å². The molecule has 1 fully saturated rings. The molecule has 2 rings (SSSR count). The Labute approximate surface area is 103 Å². The molecular weight excluding hydrogens is 228 g/mol. The molecule has 1 aromatic carbocycles. The quantitative estimate of drug-likeness (QED) is 0.714. The summed E-state index contributed by atoms with van der Waals surface area (Å²) >= 11 is 0. The predicted octanol–water partition coefficient (Wildman–Crippen LogP) is 1.10. The maximum atomic E-state index is 6.25. The molecule has 1 atom stereocenters. The van der Waals surface area contributed by atoms with Crippen molar-refractivity contribution in [2.24, 2.45) is 0 Å². The molecule has 1 unspecified atom stereocenters. The van der Waals surface area contributed by atoms with Crippen molar-refractivity contribution < 1.29 is 4.74 Å². The Morgan fingerprint density at radius 3 is 2.69 bits per heavy atom. The van der Waals surface area contributed by atoms with Crippen LogP contribution in [-0.4, -0.2) is 25.6 Å². The van der Waals surface area contributed by atoms with Gasteiger partial charge in [0.25, 0.3) is 0 Å². The molecule has 3 heteroatoms. The summed E-state index contributed by atoms with van der Waals surface area (Å²) in [5.74, 6) is 0. The summed E-state index contributed by atoms with van der Waals surface area (Å²) in [6, 6.07) is 9.09. The fourth-order valence-electron chi connectivity index (χ4n) is 2.74. The van der Waals surface area contributed by atoms with Gasteiger partial charge in [0.05, 0.1) is 14.0 Å². The number of hydrogen-bond acceptors (Lipinski definition) is 1. The fraction of sp³-hybridized carbons (Fsp3) is 0.538. The van der Waals surface area contributed by atoms with E-state index < -0.39 is 8.80 Å². The highest BCUT2D eigenvalue weighted by Gasteiger charge is 2.38. The first-order valence-electron chi connectivity index (χ1n) is 6.36. The predicted molar refractivity (Wildman–Crippen MR) is 76.4 cm³/mol. The molecule has 0 N–H and O–H groups in total. The number of hydrogen-bond donors (Lipinski definition) is 0. The van der Waals surface area contributed by atoms with Crippen LogP contribution in [0, 0.1) is 0 Å². The summed E-state index contributed by atoms with van der Waals surface area (Å²) in [5, 5.41) is 1.61. The lowest BCUT2D eigenvalue weighted by Gasteiger charge is -2.41. The third-order valence-electron chi connectivity index (χ3n) is 3.74. The van der Waals surface area contributed by atoms with Crippen LogP contribution in [0.1, 0.15) is 24.8 Å². The van der Waals surface area contributed by atoms with Gasteiger partial charge in [-0.2, -0.15) is 0 Å². The van der Waals surface area contributed by atoms with Gasteiger partial charge in [-0.25, -0.2) is 0 Å². The Bertz CT molecular complexity index is 357. The Morgan fingerprint density at radius 2 is 2.12 bits per heavy atom. The Hall–Kier alpha value is -0.386. The lowest BCUT2D eigenvalue weighted by Crippen LogP contribution is -2.45. The van der Waals surface area contributed by atoms with Crippen LogP contribution in [0.15, 0.2) is 24.3 Å². The van der Waals surface area contributed by atoms with Crippen molar-refractivity contribution in [1.82, 2.24) is 0 Å². The van der Waals surface area contributed by atoms with E-state index in [4.69, 9.17) is 4.74 Å². The second-order valence-electron chi connectivity index (χ2n) is 5.22. The van der Waals surface area contributed by atoms with Crippen LogP contribution >= 0.6 is 0 Å². The topological polar surface area (TPSA) is 9.23 Å². The summed E-state index contributed by atoms with van der Waals surface area (Å²) in [4.78, 5) is 0. The fourth-order valence-corrected chi connectivity index (χ4v) is 5.32. The van der Waals surface area contributed by atoms with Crippen LogP contribution in [0.4, 0.5) is 0 Å². The first-order chi connectivity index (χ1) is 7.65. The Morgan fingerprint density at radius 1 is 1.31 bits per heavy atom. The van der Waals surface area contributed by atoms with E-state index in [-0.39, 0.29) is 5.22 Å². The number of rotatable bonds is 2. The van der Waals surface area contributed by atoms with Crippen molar-refractivity contribution in [3.05, 3.63) is 29.8 Å². The van der Waals surface area contributed by atoms with Crippen molar-refractivity contribution in [2.45, 2.75) is 37.6 Å². The summed E-state index contributed by atoms with van der Waals surface area (Å²) in [6.45, 7) is 5.80. The number of benzene rings is 1. The van der Waals surface area contributed by atoms with Crippen molar-refractivity contribution in [1.29, 1.82) is 0 Å². The van der Waals surface area contributed by atoms with E-state index >= 15 is 0 Å². The lowest BCUT2D eigenvalue weighted by molar-refractivity contribution is -0.0263. The standard InChI is InChI=1S/C13H22OSi2/c1-16(2)13(8-3-4-9-14-13)11-6-5-7-12(15)10-11/h5-7,10,16H,3-4,8-9H2,1-2,15H3. The minimum atomic E-state index is -0.842. The van der Waals surface area contributed by atoms with Gasteiger partial charge in [0.1, 0.15) is 0 Å². The zero-order valence-electron chi connectivity index (χ0n) is 10.6. The third-order valence-corrected chi connectivity index (χ3v) is 7.02. The van der Waals surface area contributed by atoms with Gasteiger partial charge in [-0.3, -0.25) is 0 Å². The highest BCUT2D eigenvalue weighted by molar-refractivity contribution is 6.59. The van der Waals surface area contributed by atoms with E-state index in [0.717, 1.165) is 16.8 Å². The molecule has 1 aliphatic rings. The summed E-state index contributed by atoms with van der Waals surface area (Å²) in [7, 11) is 0.295. The van der Waals surface area contributed by atoms with Crippen LogP contribution < -0.4 is 5.19 Å². The average molecular weight is 250 g/mol. The van der Waals surface area contributed by atoms with E-state index in [9.17, 15) is 0 Å². The Kier molecular flexibility index (Phi) is 3.67. The molecule has 0 saturated carbocycles. The monoisotopic (exact) mass is 250 g/mol. The van der Waals surface area contributed by atoms with Crippen LogP contribution in [0.25, 0.3) is 0 Å². The largest absolute Gasteiger partial charge is 0.374 e. The van der Waals surface area contributed by atoms with Gasteiger partial charge in [0.15, 0.2) is 0 Å². The second-order valence-corrected chi connectivity index (χ2v) is 9.62. The first-order valence-corrected chi connectivity index (χ1v) is 10.2. The van der Waals surface area contributed by atoms with Crippen LogP contribution in [0.5, 0.6) is 0 Å². The van der Waals surface area contributed by atoms with Crippen molar-refractivity contribution in [3.63, 3.8) is 0 Å². The third kappa shape index (κ3) is 2.17. The molecule has 16 heavy (non-hydrogen) atoms. The van der Waals surface area contributed by atoms with Crippen LogP contribution in [-0.2, 0) is 9.96 Å². The average Bonchev–Trinajstić information content (AvgIpc) is 2.30. The smallest absolute Gasteiger partial charge is 0.0787 e. The highest BCUT2D eigenvalue weighted by Crippen LogP contribution is 2.37. The molecule has 1 aliphatic heterocycles. The highest BCUT2D eigenvalue weighted by atomic mass is 28.3.